The van der Waals surface area contributed by atoms with Crippen LogP contribution in [0.1, 0.15) is 20.3 Å². The monoisotopic (exact) mass is 243 g/mol. The summed E-state index contributed by atoms with van der Waals surface area (Å²) < 4.78 is 29.8. The van der Waals surface area contributed by atoms with Gasteiger partial charge in [0.2, 0.25) is 5.91 Å². The van der Waals surface area contributed by atoms with Gasteiger partial charge in [-0.3, -0.25) is 4.79 Å². The van der Waals surface area contributed by atoms with Gasteiger partial charge in [0.25, 0.3) is 0 Å². The summed E-state index contributed by atoms with van der Waals surface area (Å²) in [6.45, 7) is 2.40. The lowest BCUT2D eigenvalue weighted by atomic mass is 10.2. The highest BCUT2D eigenvalue weighted by Gasteiger charge is 2.23. The molecule has 0 atom stereocenters. The van der Waals surface area contributed by atoms with E-state index in [4.69, 9.17) is 0 Å². The third-order valence-corrected chi connectivity index (χ3v) is 2.18. The fourth-order valence-electron chi connectivity index (χ4n) is 1.34. The van der Waals surface area contributed by atoms with Gasteiger partial charge in [0.05, 0.1) is 0 Å². The molecule has 3 nitrogen and oxygen atoms in total. The number of carbonyl (C=O) groups excluding carboxylic acids is 1. The van der Waals surface area contributed by atoms with E-state index >= 15 is 0 Å². The number of halogens is 2. The van der Waals surface area contributed by atoms with Gasteiger partial charge in [0.1, 0.15) is 5.75 Å². The molecule has 5 heteroatoms. The molecule has 0 bridgehead atoms. The van der Waals surface area contributed by atoms with Gasteiger partial charge in [0, 0.05) is 32.1 Å². The van der Waals surface area contributed by atoms with E-state index in [1.807, 2.05) is 0 Å². The maximum Gasteiger partial charge on any atom is 0.394 e. The summed E-state index contributed by atoms with van der Waals surface area (Å²) in [5.74, 6) is -0.0591. The molecule has 0 aliphatic heterocycles. The number of amides is 1. The Hall–Kier alpha value is -1.65. The fraction of sp³-hybridized carbons (Fsp3) is 0.417. The topological polar surface area (TPSA) is 29.5 Å². The van der Waals surface area contributed by atoms with E-state index in [-0.39, 0.29) is 11.7 Å². The maximum absolute atomic E-state index is 12.7. The zero-order valence-corrected chi connectivity index (χ0v) is 10.0. The molecule has 94 valence electrons. The standard InChI is InChI=1S/C12H15F2NO2/c1-4-11(16)15(3)9-6-5-7-10(8-9)17-12(2,13)14/h5-8H,4H2,1-3H3. The molecule has 0 spiro atoms. The molecule has 0 heterocycles. The molecule has 0 N–H and O–H groups in total. The van der Waals surface area contributed by atoms with E-state index in [0.717, 1.165) is 0 Å². The zero-order chi connectivity index (χ0) is 13.1. The number of carbonyl (C=O) groups is 1. The van der Waals surface area contributed by atoms with Crippen molar-refractivity contribution in [3.05, 3.63) is 24.3 Å². The summed E-state index contributed by atoms with van der Waals surface area (Å²) >= 11 is 0. The molecule has 0 aromatic heterocycles. The number of ether oxygens (including phenoxy) is 1. The minimum absolute atomic E-state index is 0.0331. The second kappa shape index (κ2) is 5.12. The Balaban J connectivity index is 2.89. The van der Waals surface area contributed by atoms with Crippen molar-refractivity contribution in [2.45, 2.75) is 26.4 Å². The van der Waals surface area contributed by atoms with E-state index < -0.39 is 6.11 Å². The highest BCUT2D eigenvalue weighted by atomic mass is 19.3. The second-order valence-corrected chi connectivity index (χ2v) is 3.71. The van der Waals surface area contributed by atoms with Gasteiger partial charge in [-0.2, -0.15) is 8.78 Å². The molecule has 0 saturated heterocycles. The highest BCUT2D eigenvalue weighted by molar-refractivity contribution is 5.92. The lowest BCUT2D eigenvalue weighted by Crippen LogP contribution is -2.25. The van der Waals surface area contributed by atoms with Gasteiger partial charge >= 0.3 is 6.11 Å². The molecule has 0 radical (unpaired) electrons. The van der Waals surface area contributed by atoms with Crippen molar-refractivity contribution < 1.29 is 18.3 Å². The summed E-state index contributed by atoms with van der Waals surface area (Å²) in [4.78, 5) is 12.8. The van der Waals surface area contributed by atoms with Crippen LogP contribution in [-0.2, 0) is 4.79 Å². The first-order valence-corrected chi connectivity index (χ1v) is 5.27. The Labute approximate surface area is 99.0 Å². The number of hydrogen-bond acceptors (Lipinski definition) is 2. The van der Waals surface area contributed by atoms with Crippen LogP contribution in [0.3, 0.4) is 0 Å². The summed E-state index contributed by atoms with van der Waals surface area (Å²) in [6.07, 6.45) is -2.88. The van der Waals surface area contributed by atoms with Gasteiger partial charge in [-0.05, 0) is 12.1 Å². The van der Waals surface area contributed by atoms with Crippen LogP contribution in [0.15, 0.2) is 24.3 Å². The van der Waals surface area contributed by atoms with Gasteiger partial charge in [0.15, 0.2) is 0 Å². The first-order chi connectivity index (χ1) is 7.83. The molecular formula is C12H15F2NO2. The average Bonchev–Trinajstić information content (AvgIpc) is 2.25. The minimum Gasteiger partial charge on any atom is -0.433 e. The predicted octanol–water partition coefficient (Wildman–Crippen LogP) is 3.05. The number of hydrogen-bond donors (Lipinski definition) is 0. The number of anilines is 1. The van der Waals surface area contributed by atoms with Gasteiger partial charge in [-0.15, -0.1) is 0 Å². The Morgan fingerprint density at radius 1 is 1.47 bits per heavy atom. The zero-order valence-electron chi connectivity index (χ0n) is 10.0. The molecule has 17 heavy (non-hydrogen) atoms. The van der Waals surface area contributed by atoms with Crippen molar-refractivity contribution in [3.63, 3.8) is 0 Å². The Kier molecular flexibility index (Phi) is 4.04. The van der Waals surface area contributed by atoms with Crippen molar-refractivity contribution in [1.29, 1.82) is 0 Å². The number of rotatable bonds is 4. The first-order valence-electron chi connectivity index (χ1n) is 5.27. The van der Waals surface area contributed by atoms with E-state index in [2.05, 4.69) is 4.74 Å². The van der Waals surface area contributed by atoms with Crippen LogP contribution in [0, 0.1) is 0 Å². The molecule has 0 saturated carbocycles. The predicted molar refractivity (Wildman–Crippen MR) is 61.4 cm³/mol. The third-order valence-electron chi connectivity index (χ3n) is 2.18. The van der Waals surface area contributed by atoms with Crippen LogP contribution in [0.25, 0.3) is 0 Å². The molecule has 0 unspecified atom stereocenters. The van der Waals surface area contributed by atoms with Crippen LogP contribution >= 0.6 is 0 Å². The van der Waals surface area contributed by atoms with Crippen LogP contribution in [0.4, 0.5) is 14.5 Å². The molecule has 0 fully saturated rings. The Morgan fingerprint density at radius 2 is 2.12 bits per heavy atom. The largest absolute Gasteiger partial charge is 0.433 e. The minimum atomic E-state index is -3.23. The number of benzene rings is 1. The smallest absolute Gasteiger partial charge is 0.394 e. The van der Waals surface area contributed by atoms with E-state index in [9.17, 15) is 13.6 Å². The number of nitrogens with zero attached hydrogens (tertiary/aromatic N) is 1. The van der Waals surface area contributed by atoms with Crippen LogP contribution < -0.4 is 9.64 Å². The van der Waals surface area contributed by atoms with Crippen LogP contribution in [0.2, 0.25) is 0 Å². The fourth-order valence-corrected chi connectivity index (χ4v) is 1.34. The normalized spacial score (nSPS) is 11.1. The lowest BCUT2D eigenvalue weighted by Gasteiger charge is -2.18. The Bertz CT molecular complexity index is 402. The molecule has 1 aromatic carbocycles. The van der Waals surface area contributed by atoms with Crippen molar-refractivity contribution in [2.75, 3.05) is 11.9 Å². The number of alkyl halides is 2. The van der Waals surface area contributed by atoms with Gasteiger partial charge < -0.3 is 9.64 Å². The maximum atomic E-state index is 12.7. The molecule has 1 amide bonds. The first kappa shape index (κ1) is 13.4. The summed E-state index contributed by atoms with van der Waals surface area (Å²) in [6, 6.07) is 6.06. The molecule has 1 rings (SSSR count). The van der Waals surface area contributed by atoms with Crippen molar-refractivity contribution in [1.82, 2.24) is 0 Å². The van der Waals surface area contributed by atoms with Crippen molar-refractivity contribution in [3.8, 4) is 5.75 Å². The Morgan fingerprint density at radius 3 is 2.65 bits per heavy atom. The third kappa shape index (κ3) is 4.01. The molecule has 1 aromatic rings. The molecule has 0 aliphatic rings. The van der Waals surface area contributed by atoms with Crippen molar-refractivity contribution in [2.24, 2.45) is 0 Å². The summed E-state index contributed by atoms with van der Waals surface area (Å²) in [5.41, 5.74) is 0.526. The average molecular weight is 243 g/mol. The van der Waals surface area contributed by atoms with Gasteiger partial charge in [-0.1, -0.05) is 13.0 Å². The van der Waals surface area contributed by atoms with Crippen molar-refractivity contribution >= 4 is 11.6 Å². The SMILES string of the molecule is CCC(=O)N(C)c1cccc(OC(C)(F)F)c1. The quantitative estimate of drug-likeness (QED) is 0.813. The molecule has 0 aliphatic carbocycles. The van der Waals surface area contributed by atoms with E-state index in [1.165, 1.54) is 17.0 Å². The second-order valence-electron chi connectivity index (χ2n) is 3.71. The summed E-state index contributed by atoms with van der Waals surface area (Å²) in [7, 11) is 1.59. The van der Waals surface area contributed by atoms with E-state index in [0.29, 0.717) is 19.0 Å². The highest BCUT2D eigenvalue weighted by Crippen LogP contribution is 2.25. The van der Waals surface area contributed by atoms with Crippen LogP contribution in [0.5, 0.6) is 5.75 Å². The summed E-state index contributed by atoms with van der Waals surface area (Å²) in [5, 5.41) is 0. The van der Waals surface area contributed by atoms with E-state index in [1.54, 1.807) is 26.1 Å². The lowest BCUT2D eigenvalue weighted by molar-refractivity contribution is -0.158. The van der Waals surface area contributed by atoms with Crippen LogP contribution in [-0.4, -0.2) is 19.1 Å². The molecular weight excluding hydrogens is 228 g/mol. The van der Waals surface area contributed by atoms with Gasteiger partial charge in [-0.25, -0.2) is 0 Å².